The van der Waals surface area contributed by atoms with Crippen molar-refractivity contribution >= 4 is 19.5 Å². The number of ether oxygens (including phenoxy) is 3. The molecule has 0 saturated carbocycles. The van der Waals surface area contributed by atoms with Gasteiger partial charge in [0.25, 0.3) is 0 Å². The fourth-order valence-corrected chi connectivity index (χ4v) is 6.14. The molecule has 0 aliphatic carbocycles. The number of aliphatic hydroxyl groups is 1. The molecule has 1 aromatic heterocycles. The summed E-state index contributed by atoms with van der Waals surface area (Å²) in [6.07, 6.45) is -1.55. The van der Waals surface area contributed by atoms with E-state index in [0.29, 0.717) is 13.0 Å². The minimum absolute atomic E-state index is 0.0291. The number of para-hydroxylation sites is 1. The Kier molecular flexibility index (Phi) is 8.55. The van der Waals surface area contributed by atoms with Crippen molar-refractivity contribution in [2.45, 2.75) is 50.0 Å². The van der Waals surface area contributed by atoms with Crippen LogP contribution in [-0.4, -0.2) is 57.7 Å². The monoisotopic (exact) mass is 586 g/mol. The lowest BCUT2D eigenvalue weighted by molar-refractivity contribution is -0.227. The highest BCUT2D eigenvalue weighted by Gasteiger charge is 2.62. The summed E-state index contributed by atoms with van der Waals surface area (Å²) < 4.78 is 43.6. The second kappa shape index (κ2) is 12.1. The van der Waals surface area contributed by atoms with E-state index in [0.717, 1.165) is 5.56 Å². The van der Waals surface area contributed by atoms with Gasteiger partial charge in [-0.05, 0) is 30.7 Å². The molecule has 0 amide bonds. The first-order valence-corrected chi connectivity index (χ1v) is 14.5. The molecule has 4 N–H and O–H groups in total. The molecule has 2 fully saturated rings. The van der Waals surface area contributed by atoms with Gasteiger partial charge in [-0.1, -0.05) is 48.5 Å². The van der Waals surface area contributed by atoms with Gasteiger partial charge in [0.05, 0.1) is 13.2 Å². The number of nitrogens with one attached hydrogen (secondary N) is 1. The fourth-order valence-electron chi connectivity index (χ4n) is 4.64. The molecule has 2 aliphatic heterocycles. The molecular formula is C27H31N4O9P. The molecule has 218 valence electrons. The van der Waals surface area contributed by atoms with E-state index in [1.54, 1.807) is 30.3 Å². The number of nitrogen functional groups attached to an aromatic ring is 1. The van der Waals surface area contributed by atoms with Crippen LogP contribution < -0.4 is 21.0 Å². The van der Waals surface area contributed by atoms with Crippen LogP contribution in [-0.2, 0) is 34.7 Å². The molecule has 2 aromatic carbocycles. The zero-order chi connectivity index (χ0) is 29.0. The van der Waals surface area contributed by atoms with Crippen molar-refractivity contribution in [2.75, 3.05) is 18.9 Å². The van der Waals surface area contributed by atoms with E-state index in [1.807, 2.05) is 30.3 Å². The summed E-state index contributed by atoms with van der Waals surface area (Å²) in [6, 6.07) is 17.7. The van der Waals surface area contributed by atoms with E-state index in [2.05, 4.69) is 10.1 Å². The highest BCUT2D eigenvalue weighted by atomic mass is 31.2. The molecule has 6 atom stereocenters. The van der Waals surface area contributed by atoms with Gasteiger partial charge >= 0.3 is 19.4 Å². The predicted molar refractivity (Wildman–Crippen MR) is 146 cm³/mol. The van der Waals surface area contributed by atoms with E-state index in [4.69, 9.17) is 29.0 Å². The predicted octanol–water partition coefficient (Wildman–Crippen LogP) is 2.17. The van der Waals surface area contributed by atoms with Gasteiger partial charge in [-0.3, -0.25) is 13.9 Å². The summed E-state index contributed by atoms with van der Waals surface area (Å²) in [4.78, 5) is 28.9. The van der Waals surface area contributed by atoms with E-state index in [1.165, 1.54) is 23.8 Å². The minimum atomic E-state index is -4.25. The SMILES string of the molecule is C[C@H](N[P@](=O)(OC[C@H]1O[C@@H](n2ccc(N)nc2=O)C2(CCO2)[C@@H]1O)Oc1ccccc1)C(=O)OCc1ccccc1. The van der Waals surface area contributed by atoms with Crippen molar-refractivity contribution in [2.24, 2.45) is 0 Å². The summed E-state index contributed by atoms with van der Waals surface area (Å²) in [6.45, 7) is 1.41. The quantitative estimate of drug-likeness (QED) is 0.221. The van der Waals surface area contributed by atoms with Crippen LogP contribution in [0.25, 0.3) is 0 Å². The van der Waals surface area contributed by atoms with Gasteiger partial charge in [0, 0.05) is 12.6 Å². The number of hydrogen-bond acceptors (Lipinski definition) is 11. The summed E-state index contributed by atoms with van der Waals surface area (Å²) in [5, 5.41) is 13.8. The first kappa shape index (κ1) is 28.9. The average Bonchev–Trinajstić information content (AvgIpc) is 3.24. The average molecular weight is 587 g/mol. The molecule has 2 saturated heterocycles. The highest BCUT2D eigenvalue weighted by Crippen LogP contribution is 2.50. The van der Waals surface area contributed by atoms with Gasteiger partial charge in [-0.25, -0.2) is 9.36 Å². The first-order valence-electron chi connectivity index (χ1n) is 13.0. The first-order chi connectivity index (χ1) is 19.7. The molecule has 41 heavy (non-hydrogen) atoms. The third-order valence-electron chi connectivity index (χ3n) is 6.85. The molecule has 3 aromatic rings. The lowest BCUT2D eigenvalue weighted by Crippen LogP contribution is -2.57. The van der Waals surface area contributed by atoms with Crippen molar-refractivity contribution in [3.8, 4) is 5.75 Å². The maximum absolute atomic E-state index is 13.9. The van der Waals surface area contributed by atoms with Crippen LogP contribution in [0, 0.1) is 0 Å². The van der Waals surface area contributed by atoms with Gasteiger partial charge in [0.15, 0.2) is 6.23 Å². The molecule has 5 rings (SSSR count). The van der Waals surface area contributed by atoms with Crippen LogP contribution >= 0.6 is 7.75 Å². The molecule has 13 nitrogen and oxygen atoms in total. The Morgan fingerprint density at radius 2 is 1.90 bits per heavy atom. The number of carbonyl (C=O) groups excluding carboxylic acids is 1. The van der Waals surface area contributed by atoms with Crippen LogP contribution in [0.15, 0.2) is 77.7 Å². The Balaban J connectivity index is 1.30. The minimum Gasteiger partial charge on any atom is -0.460 e. The summed E-state index contributed by atoms with van der Waals surface area (Å²) >= 11 is 0. The summed E-state index contributed by atoms with van der Waals surface area (Å²) in [5.74, 6) is -0.421. The largest absolute Gasteiger partial charge is 0.460 e. The van der Waals surface area contributed by atoms with E-state index >= 15 is 0 Å². The van der Waals surface area contributed by atoms with Crippen molar-refractivity contribution in [1.82, 2.24) is 14.6 Å². The molecule has 0 radical (unpaired) electrons. The Labute approximate surface area is 235 Å². The normalized spacial score (nSPS) is 25.7. The number of hydrogen-bond donors (Lipinski definition) is 3. The number of anilines is 1. The topological polar surface area (TPSA) is 173 Å². The Bertz CT molecular complexity index is 1450. The Hall–Kier alpha value is -3.58. The fraction of sp³-hybridized carbons (Fsp3) is 0.370. The van der Waals surface area contributed by atoms with E-state index < -0.39 is 56.1 Å². The van der Waals surface area contributed by atoms with Crippen molar-refractivity contribution in [3.63, 3.8) is 0 Å². The Morgan fingerprint density at radius 3 is 2.54 bits per heavy atom. The van der Waals surface area contributed by atoms with E-state index in [9.17, 15) is 19.3 Å². The molecule has 2 aliphatic rings. The third-order valence-corrected chi connectivity index (χ3v) is 8.49. The molecule has 1 unspecified atom stereocenters. The van der Waals surface area contributed by atoms with Crippen molar-refractivity contribution in [1.29, 1.82) is 0 Å². The number of nitrogens with zero attached hydrogens (tertiary/aromatic N) is 2. The molecule has 1 spiro atoms. The summed E-state index contributed by atoms with van der Waals surface area (Å²) in [7, 11) is -4.25. The number of aliphatic hydroxyl groups excluding tert-OH is 1. The number of rotatable bonds is 11. The van der Waals surface area contributed by atoms with Crippen LogP contribution in [0.2, 0.25) is 0 Å². The number of esters is 1. The van der Waals surface area contributed by atoms with Crippen molar-refractivity contribution < 1.29 is 37.7 Å². The summed E-state index contributed by atoms with van der Waals surface area (Å²) in [5.41, 5.74) is 4.49. The maximum Gasteiger partial charge on any atom is 0.459 e. The van der Waals surface area contributed by atoms with Gasteiger partial charge in [0.1, 0.15) is 42.0 Å². The van der Waals surface area contributed by atoms with Crippen LogP contribution in [0.3, 0.4) is 0 Å². The maximum atomic E-state index is 13.9. The van der Waals surface area contributed by atoms with Gasteiger partial charge in [0.2, 0.25) is 0 Å². The number of benzene rings is 2. The second-order valence-corrected chi connectivity index (χ2v) is 11.4. The van der Waals surface area contributed by atoms with E-state index in [-0.39, 0.29) is 18.2 Å². The standard InChI is InChI=1S/C27H31N4O9P/c1-18(24(33)36-16-19-8-4-2-5-9-19)30-41(35,40-20-10-6-3-7-11-20)38-17-21-23(32)27(13-15-37-27)25(39-21)31-14-12-22(28)29-26(31)34/h2-12,14,18,21,23,25,32H,13,15-17H2,1H3,(H,30,35)(H2,28,29,34)/t18-,21+,23+,25+,27?,41-/m0/s1. The van der Waals surface area contributed by atoms with Gasteiger partial charge in [-0.15, -0.1) is 0 Å². The van der Waals surface area contributed by atoms with Gasteiger partial charge < -0.3 is 29.6 Å². The van der Waals surface area contributed by atoms with Crippen LogP contribution in [0.5, 0.6) is 5.75 Å². The highest BCUT2D eigenvalue weighted by molar-refractivity contribution is 7.52. The molecule has 14 heteroatoms. The number of aromatic nitrogens is 2. The number of carbonyl (C=O) groups is 1. The van der Waals surface area contributed by atoms with Crippen LogP contribution in [0.4, 0.5) is 5.82 Å². The molecule has 0 bridgehead atoms. The van der Waals surface area contributed by atoms with Gasteiger partial charge in [-0.2, -0.15) is 10.1 Å². The number of nitrogens with two attached hydrogens (primary N) is 1. The van der Waals surface area contributed by atoms with Crippen LogP contribution in [0.1, 0.15) is 25.1 Å². The zero-order valence-electron chi connectivity index (χ0n) is 22.2. The zero-order valence-corrected chi connectivity index (χ0v) is 23.1. The Morgan fingerprint density at radius 1 is 1.22 bits per heavy atom. The lowest BCUT2D eigenvalue weighted by atomic mass is 9.86. The van der Waals surface area contributed by atoms with Crippen molar-refractivity contribution in [3.05, 3.63) is 89.0 Å². The molecule has 3 heterocycles. The smallest absolute Gasteiger partial charge is 0.459 e. The third kappa shape index (κ3) is 6.35. The molecular weight excluding hydrogens is 555 g/mol. The lowest BCUT2D eigenvalue weighted by Gasteiger charge is -2.44. The second-order valence-electron chi connectivity index (χ2n) is 9.71.